The molecule has 1 amide bonds. The van der Waals surface area contributed by atoms with E-state index in [0.29, 0.717) is 12.4 Å². The van der Waals surface area contributed by atoms with Crippen molar-refractivity contribution in [2.24, 2.45) is 5.92 Å². The van der Waals surface area contributed by atoms with Gasteiger partial charge < -0.3 is 4.74 Å². The first-order valence-corrected chi connectivity index (χ1v) is 14.1. The van der Waals surface area contributed by atoms with Crippen LogP contribution in [0, 0.1) is 17.6 Å². The van der Waals surface area contributed by atoms with Gasteiger partial charge >= 0.3 is 0 Å². The fraction of sp³-hybridized carbons (Fsp3) is 0.321. The van der Waals surface area contributed by atoms with Crippen molar-refractivity contribution in [2.75, 3.05) is 26.0 Å². The predicted molar refractivity (Wildman–Crippen MR) is 136 cm³/mol. The molecule has 0 spiro atoms. The van der Waals surface area contributed by atoms with Gasteiger partial charge in [-0.2, -0.15) is 0 Å². The van der Waals surface area contributed by atoms with E-state index < -0.39 is 21.7 Å². The van der Waals surface area contributed by atoms with E-state index in [1.807, 2.05) is 35.1 Å². The molecule has 0 radical (unpaired) electrons. The molecule has 1 saturated heterocycles. The number of benzene rings is 3. The lowest BCUT2D eigenvalue weighted by molar-refractivity contribution is 0.0375. The fourth-order valence-corrected chi connectivity index (χ4v) is 5.28. The number of nitrogens with zero attached hydrogens (tertiary/aromatic N) is 1. The van der Waals surface area contributed by atoms with E-state index in [2.05, 4.69) is 17.0 Å². The summed E-state index contributed by atoms with van der Waals surface area (Å²) in [7, 11) is -3.81. The number of amides is 1. The smallest absolute Gasteiger partial charge is 0.267 e. The molecule has 0 aromatic heterocycles. The summed E-state index contributed by atoms with van der Waals surface area (Å²) < 4.78 is 59.0. The molecule has 1 aliphatic heterocycles. The molecule has 37 heavy (non-hydrogen) atoms. The molecule has 0 bridgehead atoms. The molecular weight excluding hydrogens is 498 g/mol. The summed E-state index contributed by atoms with van der Waals surface area (Å²) in [6, 6.07) is 19.2. The molecule has 1 saturated carbocycles. The minimum atomic E-state index is -3.81. The number of carbonyl (C=O) groups excluding carboxylic acids is 1. The Bertz CT molecular complexity index is 1390. The van der Waals surface area contributed by atoms with Gasteiger partial charge in [-0.15, -0.1) is 0 Å². The van der Waals surface area contributed by atoms with E-state index in [1.165, 1.54) is 24.3 Å². The summed E-state index contributed by atoms with van der Waals surface area (Å²) in [6.45, 7) is 1.90. The quantitative estimate of drug-likeness (QED) is 0.440. The molecule has 5 rings (SSSR count). The maximum Gasteiger partial charge on any atom is 0.267 e. The Balaban J connectivity index is 1.27. The topological polar surface area (TPSA) is 75.7 Å². The summed E-state index contributed by atoms with van der Waals surface area (Å²) in [6.07, 6.45) is 2.66. The summed E-state index contributed by atoms with van der Waals surface area (Å²) >= 11 is 0. The van der Waals surface area contributed by atoms with Gasteiger partial charge in [0.1, 0.15) is 17.4 Å². The monoisotopic (exact) mass is 526 g/mol. The Morgan fingerprint density at radius 3 is 2.30 bits per heavy atom. The third-order valence-electron chi connectivity index (χ3n) is 6.77. The van der Waals surface area contributed by atoms with Crippen LogP contribution in [-0.4, -0.2) is 45.2 Å². The second kappa shape index (κ2) is 10.2. The van der Waals surface area contributed by atoms with Crippen LogP contribution in [0.15, 0.2) is 66.7 Å². The van der Waals surface area contributed by atoms with Crippen LogP contribution in [0.2, 0.25) is 0 Å². The molecule has 1 heterocycles. The number of likely N-dealkylation sites (tertiary alicyclic amines) is 1. The van der Waals surface area contributed by atoms with Gasteiger partial charge in [0.25, 0.3) is 5.91 Å². The Labute approximate surface area is 215 Å². The highest BCUT2D eigenvalue weighted by Crippen LogP contribution is 2.45. The highest BCUT2D eigenvalue weighted by molar-refractivity contribution is 7.89. The van der Waals surface area contributed by atoms with Crippen molar-refractivity contribution in [1.29, 1.82) is 0 Å². The van der Waals surface area contributed by atoms with Gasteiger partial charge in [-0.3, -0.25) is 9.69 Å². The van der Waals surface area contributed by atoms with E-state index in [0.717, 1.165) is 48.9 Å². The van der Waals surface area contributed by atoms with Gasteiger partial charge in [0.2, 0.25) is 10.0 Å². The van der Waals surface area contributed by atoms with Crippen LogP contribution in [0.4, 0.5) is 8.78 Å². The molecule has 2 fully saturated rings. The number of hydrogen-bond acceptors (Lipinski definition) is 5. The van der Waals surface area contributed by atoms with Gasteiger partial charge in [-0.25, -0.2) is 21.9 Å². The zero-order valence-corrected chi connectivity index (χ0v) is 21.2. The molecule has 1 N–H and O–H groups in total. The summed E-state index contributed by atoms with van der Waals surface area (Å²) in [5, 5.41) is 0. The fourth-order valence-electron chi connectivity index (χ4n) is 4.84. The second-order valence-electron chi connectivity index (χ2n) is 9.84. The van der Waals surface area contributed by atoms with E-state index in [9.17, 15) is 22.0 Å². The van der Waals surface area contributed by atoms with E-state index in [4.69, 9.17) is 4.74 Å². The van der Waals surface area contributed by atoms with Gasteiger partial charge in [0, 0.05) is 25.1 Å². The van der Waals surface area contributed by atoms with Crippen molar-refractivity contribution >= 4 is 15.9 Å². The van der Waals surface area contributed by atoms with Crippen LogP contribution in [0.5, 0.6) is 5.75 Å². The molecule has 3 aromatic rings. The molecule has 2 aliphatic rings. The molecule has 9 heteroatoms. The van der Waals surface area contributed by atoms with Crippen molar-refractivity contribution in [3.63, 3.8) is 0 Å². The number of halogens is 2. The van der Waals surface area contributed by atoms with Gasteiger partial charge in [-0.1, -0.05) is 42.5 Å². The van der Waals surface area contributed by atoms with E-state index in [1.54, 1.807) is 0 Å². The van der Waals surface area contributed by atoms with Crippen molar-refractivity contribution in [3.05, 3.63) is 101 Å². The largest absolute Gasteiger partial charge is 0.493 e. The Morgan fingerprint density at radius 2 is 1.68 bits per heavy atom. The number of rotatable bonds is 9. The lowest BCUT2D eigenvalue weighted by atomic mass is 9.90. The molecule has 6 nitrogen and oxygen atoms in total. The second-order valence-corrected chi connectivity index (χ2v) is 11.6. The van der Waals surface area contributed by atoms with Crippen molar-refractivity contribution in [1.82, 2.24) is 9.62 Å². The standard InChI is InChI=1S/C28H28F2N2O4S/c1-37(34,35)31-28(33)24-13-23(19-7-8-19)26(14-25(24)30)36-17-18-15-32(16-18)27(20-5-3-2-4-6-20)21-9-11-22(29)12-10-21/h2-6,9-14,18-19,27H,7-8,15-17H2,1H3,(H,31,33). The SMILES string of the molecule is CS(=O)(=O)NC(=O)c1cc(C2CC2)c(OCC2CN(C(c3ccccc3)c3ccc(F)cc3)C2)cc1F. The van der Waals surface area contributed by atoms with Crippen LogP contribution in [-0.2, 0) is 10.0 Å². The summed E-state index contributed by atoms with van der Waals surface area (Å²) in [5.41, 5.74) is 2.55. The van der Waals surface area contributed by atoms with Gasteiger partial charge in [0.05, 0.1) is 24.5 Å². The number of nitrogens with one attached hydrogen (secondary N) is 1. The predicted octanol–water partition coefficient (Wildman–Crippen LogP) is 4.63. The van der Waals surface area contributed by atoms with E-state index in [-0.39, 0.29) is 29.3 Å². The normalized spacial score (nSPS) is 17.2. The zero-order chi connectivity index (χ0) is 26.2. The Morgan fingerprint density at radius 1 is 1.03 bits per heavy atom. The molecule has 3 aromatic carbocycles. The molecule has 1 atom stereocenters. The Kier molecular flexibility index (Phi) is 7.00. The Hall–Kier alpha value is -3.30. The van der Waals surface area contributed by atoms with Crippen LogP contribution >= 0.6 is 0 Å². The summed E-state index contributed by atoms with van der Waals surface area (Å²) in [4.78, 5) is 14.6. The minimum absolute atomic E-state index is 0.00911. The van der Waals surface area contributed by atoms with Gasteiger partial charge in [0.15, 0.2) is 0 Å². The molecular formula is C28H28F2N2O4S. The average Bonchev–Trinajstić information content (AvgIpc) is 3.66. The maximum absolute atomic E-state index is 14.8. The van der Waals surface area contributed by atoms with E-state index >= 15 is 0 Å². The highest BCUT2D eigenvalue weighted by atomic mass is 32.2. The zero-order valence-electron chi connectivity index (χ0n) is 20.4. The number of carbonyl (C=O) groups is 1. The number of sulfonamides is 1. The minimum Gasteiger partial charge on any atom is -0.493 e. The van der Waals surface area contributed by atoms with Crippen molar-refractivity contribution < 1.29 is 26.7 Å². The first kappa shape index (κ1) is 25.4. The van der Waals surface area contributed by atoms with Gasteiger partial charge in [-0.05, 0) is 53.6 Å². The number of hydrogen-bond donors (Lipinski definition) is 1. The molecule has 194 valence electrons. The van der Waals surface area contributed by atoms with Crippen LogP contribution in [0.1, 0.15) is 51.8 Å². The van der Waals surface area contributed by atoms with Crippen LogP contribution in [0.25, 0.3) is 0 Å². The highest BCUT2D eigenvalue weighted by Gasteiger charge is 2.35. The van der Waals surface area contributed by atoms with Crippen LogP contribution < -0.4 is 9.46 Å². The third-order valence-corrected chi connectivity index (χ3v) is 7.32. The third kappa shape index (κ3) is 5.99. The lowest BCUT2D eigenvalue weighted by Gasteiger charge is -2.44. The average molecular weight is 527 g/mol. The summed E-state index contributed by atoms with van der Waals surface area (Å²) in [5.74, 6) is -1.31. The van der Waals surface area contributed by atoms with Crippen molar-refractivity contribution in [2.45, 2.75) is 24.8 Å². The van der Waals surface area contributed by atoms with Crippen molar-refractivity contribution in [3.8, 4) is 5.75 Å². The lowest BCUT2D eigenvalue weighted by Crippen LogP contribution is -2.51. The van der Waals surface area contributed by atoms with Crippen LogP contribution in [0.3, 0.4) is 0 Å². The first-order valence-electron chi connectivity index (χ1n) is 12.2. The number of ether oxygens (including phenoxy) is 1. The molecule has 1 aliphatic carbocycles. The maximum atomic E-state index is 14.8. The first-order chi connectivity index (χ1) is 17.7. The molecule has 1 unspecified atom stereocenters.